The molecule has 22 heavy (non-hydrogen) atoms. The molecule has 0 spiro atoms. The third-order valence-electron chi connectivity index (χ3n) is 4.62. The summed E-state index contributed by atoms with van der Waals surface area (Å²) in [6, 6.07) is 3.08. The zero-order valence-corrected chi connectivity index (χ0v) is 12.3. The largest absolute Gasteiger partial charge is 0.391 e. The van der Waals surface area contributed by atoms with Crippen LogP contribution in [0.4, 0.5) is 8.78 Å². The molecule has 4 nitrogen and oxygen atoms in total. The van der Waals surface area contributed by atoms with E-state index in [1.54, 1.807) is 4.90 Å². The molecule has 1 heterocycles. The standard InChI is InChI=1S/C16H20F2N2O2/c17-12-8-11(9-13(18)10-12)16(22)20-6-4-19(5-7-20)14-2-1-3-15(14)21/h8-10,14-15,21H,1-7H2/t14-,15+/m1/s1. The van der Waals surface area contributed by atoms with Crippen LogP contribution in [0.3, 0.4) is 0 Å². The van der Waals surface area contributed by atoms with Gasteiger partial charge in [0.1, 0.15) is 11.6 Å². The number of rotatable bonds is 2. The lowest BCUT2D eigenvalue weighted by molar-refractivity contribution is 0.0315. The van der Waals surface area contributed by atoms with Crippen molar-refractivity contribution in [2.45, 2.75) is 31.4 Å². The van der Waals surface area contributed by atoms with E-state index in [1.165, 1.54) is 0 Å². The van der Waals surface area contributed by atoms with Gasteiger partial charge in [-0.1, -0.05) is 0 Å². The van der Waals surface area contributed by atoms with Crippen LogP contribution in [-0.2, 0) is 0 Å². The first-order valence-electron chi connectivity index (χ1n) is 7.72. The maximum absolute atomic E-state index is 13.2. The number of hydrogen-bond acceptors (Lipinski definition) is 3. The molecule has 6 heteroatoms. The van der Waals surface area contributed by atoms with Crippen LogP contribution >= 0.6 is 0 Å². The second kappa shape index (κ2) is 6.30. The monoisotopic (exact) mass is 310 g/mol. The van der Waals surface area contributed by atoms with Gasteiger partial charge in [-0.05, 0) is 31.4 Å². The van der Waals surface area contributed by atoms with Crippen molar-refractivity contribution in [1.82, 2.24) is 9.80 Å². The minimum absolute atomic E-state index is 0.0480. The molecule has 120 valence electrons. The molecule has 1 N–H and O–H groups in total. The van der Waals surface area contributed by atoms with Crippen molar-refractivity contribution in [2.75, 3.05) is 26.2 Å². The summed E-state index contributed by atoms with van der Waals surface area (Å²) in [5, 5.41) is 9.95. The predicted octanol–water partition coefficient (Wildman–Crippen LogP) is 1.64. The van der Waals surface area contributed by atoms with Crippen molar-refractivity contribution in [3.8, 4) is 0 Å². The number of benzene rings is 1. The summed E-state index contributed by atoms with van der Waals surface area (Å²) in [5.41, 5.74) is 0.0480. The van der Waals surface area contributed by atoms with E-state index in [0.717, 1.165) is 37.5 Å². The second-order valence-electron chi connectivity index (χ2n) is 6.05. The van der Waals surface area contributed by atoms with Gasteiger partial charge in [0.15, 0.2) is 0 Å². The molecule has 1 aromatic carbocycles. The van der Waals surface area contributed by atoms with Gasteiger partial charge in [-0.25, -0.2) is 8.78 Å². The Hall–Kier alpha value is -1.53. The Morgan fingerprint density at radius 1 is 1.05 bits per heavy atom. The highest BCUT2D eigenvalue weighted by atomic mass is 19.1. The van der Waals surface area contributed by atoms with E-state index in [1.807, 2.05) is 0 Å². The summed E-state index contributed by atoms with van der Waals surface area (Å²) >= 11 is 0. The van der Waals surface area contributed by atoms with Gasteiger partial charge in [0.05, 0.1) is 6.10 Å². The SMILES string of the molecule is O=C(c1cc(F)cc(F)c1)N1CCN([C@@H]2CCC[C@@H]2O)CC1. The van der Waals surface area contributed by atoms with Crippen LogP contribution in [0.15, 0.2) is 18.2 Å². The fraction of sp³-hybridized carbons (Fsp3) is 0.562. The summed E-state index contributed by atoms with van der Waals surface area (Å²) in [6.07, 6.45) is 2.59. The first-order chi connectivity index (χ1) is 10.5. The van der Waals surface area contributed by atoms with Crippen LogP contribution in [0.1, 0.15) is 29.6 Å². The number of hydrogen-bond donors (Lipinski definition) is 1. The van der Waals surface area contributed by atoms with E-state index in [2.05, 4.69) is 4.90 Å². The van der Waals surface area contributed by atoms with Crippen LogP contribution in [0, 0.1) is 11.6 Å². The van der Waals surface area contributed by atoms with Gasteiger partial charge in [-0.2, -0.15) is 0 Å². The van der Waals surface area contributed by atoms with Crippen LogP contribution < -0.4 is 0 Å². The number of nitrogens with zero attached hydrogens (tertiary/aromatic N) is 2. The Morgan fingerprint density at radius 2 is 1.68 bits per heavy atom. The van der Waals surface area contributed by atoms with Crippen molar-refractivity contribution in [3.63, 3.8) is 0 Å². The van der Waals surface area contributed by atoms with Crippen LogP contribution in [0.2, 0.25) is 0 Å². The number of aliphatic hydroxyl groups excluding tert-OH is 1. The maximum atomic E-state index is 13.2. The Morgan fingerprint density at radius 3 is 2.23 bits per heavy atom. The highest BCUT2D eigenvalue weighted by Gasteiger charge is 2.33. The first kappa shape index (κ1) is 15.4. The van der Waals surface area contributed by atoms with Crippen LogP contribution in [0.5, 0.6) is 0 Å². The number of piperazine rings is 1. The smallest absolute Gasteiger partial charge is 0.254 e. The Bertz CT molecular complexity index is 539. The lowest BCUT2D eigenvalue weighted by Gasteiger charge is -2.39. The normalized spacial score (nSPS) is 26.4. The highest BCUT2D eigenvalue weighted by Crippen LogP contribution is 2.25. The topological polar surface area (TPSA) is 43.8 Å². The number of carbonyl (C=O) groups excluding carboxylic acids is 1. The minimum Gasteiger partial charge on any atom is -0.391 e. The Kier molecular flexibility index (Phi) is 4.40. The van der Waals surface area contributed by atoms with Gasteiger partial charge >= 0.3 is 0 Å². The zero-order valence-electron chi connectivity index (χ0n) is 12.3. The highest BCUT2D eigenvalue weighted by molar-refractivity contribution is 5.94. The fourth-order valence-corrected chi connectivity index (χ4v) is 3.46. The fourth-order valence-electron chi connectivity index (χ4n) is 3.46. The Labute approximate surface area is 128 Å². The molecule has 1 aliphatic heterocycles. The Balaban J connectivity index is 1.62. The summed E-state index contributed by atoms with van der Waals surface area (Å²) in [5.74, 6) is -1.82. The van der Waals surface area contributed by atoms with Crippen molar-refractivity contribution in [3.05, 3.63) is 35.4 Å². The second-order valence-corrected chi connectivity index (χ2v) is 6.05. The molecule has 0 aromatic heterocycles. The first-order valence-corrected chi connectivity index (χ1v) is 7.72. The molecule has 0 bridgehead atoms. The molecule has 1 aliphatic carbocycles. The third-order valence-corrected chi connectivity index (χ3v) is 4.62. The van der Waals surface area contributed by atoms with E-state index >= 15 is 0 Å². The van der Waals surface area contributed by atoms with Crippen molar-refractivity contribution in [1.29, 1.82) is 0 Å². The number of carbonyl (C=O) groups is 1. The lowest BCUT2D eigenvalue weighted by atomic mass is 10.1. The molecule has 1 aromatic rings. The molecule has 1 saturated carbocycles. The molecule has 2 fully saturated rings. The predicted molar refractivity (Wildman–Crippen MR) is 77.5 cm³/mol. The molecule has 2 aliphatic rings. The lowest BCUT2D eigenvalue weighted by Crippen LogP contribution is -2.53. The van der Waals surface area contributed by atoms with Crippen molar-refractivity contribution in [2.24, 2.45) is 0 Å². The summed E-state index contributed by atoms with van der Waals surface area (Å²) in [6.45, 7) is 2.40. The molecule has 0 radical (unpaired) electrons. The quantitative estimate of drug-likeness (QED) is 0.903. The van der Waals surface area contributed by atoms with Gasteiger partial charge in [0, 0.05) is 43.9 Å². The van der Waals surface area contributed by atoms with E-state index in [-0.39, 0.29) is 23.6 Å². The third kappa shape index (κ3) is 3.13. The molecule has 1 saturated heterocycles. The summed E-state index contributed by atoms with van der Waals surface area (Å²) in [7, 11) is 0. The molecular weight excluding hydrogens is 290 g/mol. The van der Waals surface area contributed by atoms with Crippen LogP contribution in [-0.4, -0.2) is 59.1 Å². The maximum Gasteiger partial charge on any atom is 0.254 e. The molecule has 2 atom stereocenters. The average Bonchev–Trinajstić information content (AvgIpc) is 2.92. The molecule has 3 rings (SSSR count). The molecular formula is C16H20F2N2O2. The van der Waals surface area contributed by atoms with Gasteiger partial charge in [0.25, 0.3) is 5.91 Å². The molecule has 1 amide bonds. The van der Waals surface area contributed by atoms with E-state index in [9.17, 15) is 18.7 Å². The van der Waals surface area contributed by atoms with Gasteiger partial charge in [-0.3, -0.25) is 9.69 Å². The van der Waals surface area contributed by atoms with E-state index in [0.29, 0.717) is 26.2 Å². The van der Waals surface area contributed by atoms with Crippen molar-refractivity contribution < 1.29 is 18.7 Å². The summed E-state index contributed by atoms with van der Waals surface area (Å²) in [4.78, 5) is 16.2. The minimum atomic E-state index is -0.740. The van der Waals surface area contributed by atoms with E-state index in [4.69, 9.17) is 0 Å². The molecule has 0 unspecified atom stereocenters. The van der Waals surface area contributed by atoms with Crippen LogP contribution in [0.25, 0.3) is 0 Å². The number of aliphatic hydroxyl groups is 1. The summed E-state index contributed by atoms with van der Waals surface area (Å²) < 4.78 is 26.4. The zero-order chi connectivity index (χ0) is 15.7. The van der Waals surface area contributed by atoms with E-state index < -0.39 is 11.6 Å². The van der Waals surface area contributed by atoms with Crippen molar-refractivity contribution >= 4 is 5.91 Å². The number of amides is 1. The number of halogens is 2. The average molecular weight is 310 g/mol. The van der Waals surface area contributed by atoms with Gasteiger partial charge in [0.2, 0.25) is 0 Å². The van der Waals surface area contributed by atoms with Gasteiger partial charge in [-0.15, -0.1) is 0 Å². The van der Waals surface area contributed by atoms with Gasteiger partial charge < -0.3 is 10.0 Å².